The van der Waals surface area contributed by atoms with Gasteiger partial charge in [-0.3, -0.25) is 19.2 Å². The van der Waals surface area contributed by atoms with E-state index in [-0.39, 0.29) is 17.7 Å². The number of likely N-dealkylation sites (N-methyl/N-ethyl adjacent to an activating group) is 1. The van der Waals surface area contributed by atoms with Crippen LogP contribution in [0.3, 0.4) is 0 Å². The van der Waals surface area contributed by atoms with Crippen LogP contribution in [0.1, 0.15) is 39.6 Å². The lowest BCUT2D eigenvalue weighted by atomic mass is 9.81. The molecule has 0 radical (unpaired) electrons. The highest BCUT2D eigenvalue weighted by Gasteiger charge is 2.37. The fraction of sp³-hybridized carbons (Fsp3) is 0.632. The van der Waals surface area contributed by atoms with E-state index in [1.807, 2.05) is 7.05 Å². The van der Waals surface area contributed by atoms with E-state index in [9.17, 15) is 19.2 Å². The van der Waals surface area contributed by atoms with E-state index >= 15 is 0 Å². The molecule has 0 spiro atoms. The number of nitrogens with one attached hydrogen (secondary N) is 2. The number of nitrogens with zero attached hydrogens (tertiary/aromatic N) is 3. The fourth-order valence-corrected chi connectivity index (χ4v) is 5.07. The Morgan fingerprint density at radius 1 is 1.17 bits per heavy atom. The number of primary amides is 1. The summed E-state index contributed by atoms with van der Waals surface area (Å²) in [6.45, 7) is 1.66. The summed E-state index contributed by atoms with van der Waals surface area (Å²) in [6.07, 6.45) is 2.16. The summed E-state index contributed by atoms with van der Waals surface area (Å²) in [5.41, 5.74) is 6.01. The maximum Gasteiger partial charge on any atom is 0.309 e. The molecule has 3 rings (SSSR count). The number of amides is 4. The summed E-state index contributed by atoms with van der Waals surface area (Å²) in [4.78, 5) is 57.6. The molecule has 1 fully saturated rings. The third-order valence-corrected chi connectivity index (χ3v) is 6.69. The van der Waals surface area contributed by atoms with E-state index in [0.717, 1.165) is 30.1 Å². The van der Waals surface area contributed by atoms with Crippen molar-refractivity contribution >= 4 is 35.0 Å². The smallest absolute Gasteiger partial charge is 0.309 e. The maximum atomic E-state index is 12.9. The van der Waals surface area contributed by atoms with Crippen molar-refractivity contribution in [3.8, 4) is 0 Å². The number of aromatic nitrogens is 1. The van der Waals surface area contributed by atoms with Gasteiger partial charge in [0.1, 0.15) is 0 Å². The van der Waals surface area contributed by atoms with Gasteiger partial charge in [-0.2, -0.15) is 0 Å². The molecular weight excluding hydrogens is 408 g/mol. The van der Waals surface area contributed by atoms with Gasteiger partial charge in [-0.05, 0) is 26.3 Å². The Labute approximate surface area is 179 Å². The van der Waals surface area contributed by atoms with Crippen molar-refractivity contribution in [2.24, 2.45) is 11.7 Å². The van der Waals surface area contributed by atoms with E-state index in [1.165, 1.54) is 16.2 Å². The highest BCUT2D eigenvalue weighted by atomic mass is 32.1. The van der Waals surface area contributed by atoms with Gasteiger partial charge in [0, 0.05) is 50.4 Å². The van der Waals surface area contributed by atoms with Crippen LogP contribution in [0.25, 0.3) is 0 Å². The second kappa shape index (κ2) is 9.09. The van der Waals surface area contributed by atoms with Crippen LogP contribution in [0.2, 0.25) is 0 Å². The maximum absolute atomic E-state index is 12.9. The van der Waals surface area contributed by atoms with Crippen LogP contribution in [-0.2, 0) is 27.3 Å². The molecule has 1 saturated carbocycles. The number of hydrogen-bond donors (Lipinski definition) is 3. The fourth-order valence-electron chi connectivity index (χ4n) is 3.98. The molecule has 0 saturated heterocycles. The topological polar surface area (TPSA) is 138 Å². The minimum atomic E-state index is -1.08. The zero-order chi connectivity index (χ0) is 22.0. The van der Waals surface area contributed by atoms with Gasteiger partial charge >= 0.3 is 11.8 Å². The first-order chi connectivity index (χ1) is 14.2. The zero-order valence-corrected chi connectivity index (χ0v) is 18.3. The minimum Gasteiger partial charge on any atom is -0.361 e. The van der Waals surface area contributed by atoms with Crippen LogP contribution in [0, 0.1) is 5.92 Å². The third-order valence-electron chi connectivity index (χ3n) is 5.61. The molecule has 164 valence electrons. The quantitative estimate of drug-likeness (QED) is 0.523. The average Bonchev–Trinajstić information content (AvgIpc) is 3.11. The largest absolute Gasteiger partial charge is 0.361 e. The molecule has 0 unspecified atom stereocenters. The van der Waals surface area contributed by atoms with Gasteiger partial charge in [0.2, 0.25) is 5.91 Å². The molecule has 30 heavy (non-hydrogen) atoms. The van der Waals surface area contributed by atoms with E-state index in [4.69, 9.17) is 5.73 Å². The van der Waals surface area contributed by atoms with Crippen LogP contribution in [0.15, 0.2) is 0 Å². The van der Waals surface area contributed by atoms with Crippen LogP contribution in [-0.4, -0.2) is 78.2 Å². The van der Waals surface area contributed by atoms with Crippen molar-refractivity contribution in [3.63, 3.8) is 0 Å². The lowest BCUT2D eigenvalue weighted by molar-refractivity contribution is -0.138. The van der Waals surface area contributed by atoms with E-state index in [1.54, 1.807) is 14.1 Å². The van der Waals surface area contributed by atoms with Gasteiger partial charge in [-0.25, -0.2) is 4.98 Å². The van der Waals surface area contributed by atoms with Crippen molar-refractivity contribution in [3.05, 3.63) is 15.6 Å². The first kappa shape index (κ1) is 22.2. The predicted molar refractivity (Wildman–Crippen MR) is 111 cm³/mol. The molecule has 3 atom stereocenters. The Morgan fingerprint density at radius 3 is 2.57 bits per heavy atom. The van der Waals surface area contributed by atoms with E-state index in [2.05, 4.69) is 20.5 Å². The predicted octanol–water partition coefficient (Wildman–Crippen LogP) is -0.912. The number of hydrogen-bond acceptors (Lipinski definition) is 7. The lowest BCUT2D eigenvalue weighted by Crippen LogP contribution is -2.57. The normalized spacial score (nSPS) is 23.9. The molecule has 10 nitrogen and oxygen atoms in total. The number of nitrogens with two attached hydrogens (primary N) is 1. The molecule has 1 aromatic heterocycles. The Bertz CT molecular complexity index is 854. The summed E-state index contributed by atoms with van der Waals surface area (Å²) in [5, 5.41) is 5.89. The first-order valence-electron chi connectivity index (χ1n) is 9.95. The van der Waals surface area contributed by atoms with Crippen LogP contribution >= 0.6 is 11.3 Å². The second-order valence-corrected chi connectivity index (χ2v) is 9.23. The molecule has 1 aliphatic carbocycles. The van der Waals surface area contributed by atoms with Crippen molar-refractivity contribution in [1.82, 2.24) is 25.4 Å². The van der Waals surface area contributed by atoms with Gasteiger partial charge in [0.05, 0.1) is 11.7 Å². The Kier molecular flexibility index (Phi) is 6.71. The van der Waals surface area contributed by atoms with Crippen LogP contribution in [0.4, 0.5) is 0 Å². The van der Waals surface area contributed by atoms with Crippen molar-refractivity contribution in [2.75, 3.05) is 27.7 Å². The van der Waals surface area contributed by atoms with Gasteiger partial charge in [-0.15, -0.1) is 11.3 Å². The number of thiazole rings is 1. The summed E-state index contributed by atoms with van der Waals surface area (Å²) in [5.74, 6) is -2.61. The Morgan fingerprint density at radius 2 is 1.90 bits per heavy atom. The molecule has 1 aliphatic heterocycles. The molecule has 4 amide bonds. The van der Waals surface area contributed by atoms with Crippen molar-refractivity contribution < 1.29 is 19.2 Å². The number of carbonyl (C=O) groups is 4. The van der Waals surface area contributed by atoms with Crippen LogP contribution < -0.4 is 16.4 Å². The molecule has 0 aromatic carbocycles. The monoisotopic (exact) mass is 436 g/mol. The lowest BCUT2D eigenvalue weighted by Gasteiger charge is -2.36. The highest BCUT2D eigenvalue weighted by molar-refractivity contribution is 7.13. The van der Waals surface area contributed by atoms with E-state index < -0.39 is 23.9 Å². The summed E-state index contributed by atoms with van der Waals surface area (Å²) in [7, 11) is 5.40. The third kappa shape index (κ3) is 4.96. The summed E-state index contributed by atoms with van der Waals surface area (Å²) < 4.78 is 0. The summed E-state index contributed by atoms with van der Waals surface area (Å²) >= 11 is 1.37. The van der Waals surface area contributed by atoms with Crippen LogP contribution in [0.5, 0.6) is 0 Å². The standard InChI is InChI=1S/C19H28N6O4S/c1-24(2)19(29)10-4-5-11(21-16(27)15(20)26)13(8-10)22-17(28)18-23-12-6-7-25(3)9-14(12)30-18/h10-11,13H,4-9H2,1-3H3,(H2,20,26)(H,21,27)(H,22,28)/t10-,11+,13+/m0/s1. The molecule has 2 aliphatic rings. The minimum absolute atomic E-state index is 0.0262. The SMILES string of the molecule is CN1CCc2nc(C(=O)N[C@@H]3C[C@@H](C(=O)N(C)C)CC[C@H]3NC(=O)C(N)=O)sc2C1. The zero-order valence-electron chi connectivity index (χ0n) is 17.4. The second-order valence-electron chi connectivity index (χ2n) is 8.14. The molecular formula is C19H28N6O4S. The van der Waals surface area contributed by atoms with Gasteiger partial charge in [-0.1, -0.05) is 0 Å². The Hall–Kier alpha value is -2.53. The number of fused-ring (bicyclic) bond motifs is 1. The highest BCUT2D eigenvalue weighted by Crippen LogP contribution is 2.28. The van der Waals surface area contributed by atoms with Gasteiger partial charge in [0.15, 0.2) is 5.01 Å². The molecule has 0 bridgehead atoms. The average molecular weight is 437 g/mol. The van der Waals surface area contributed by atoms with Gasteiger partial charge < -0.3 is 26.2 Å². The number of carbonyl (C=O) groups excluding carboxylic acids is 4. The molecule has 1 aromatic rings. The van der Waals surface area contributed by atoms with Gasteiger partial charge in [0.25, 0.3) is 5.91 Å². The Balaban J connectivity index is 1.75. The first-order valence-corrected chi connectivity index (χ1v) is 10.8. The molecule has 4 N–H and O–H groups in total. The number of rotatable bonds is 4. The van der Waals surface area contributed by atoms with Crippen molar-refractivity contribution in [1.29, 1.82) is 0 Å². The van der Waals surface area contributed by atoms with E-state index in [0.29, 0.717) is 24.3 Å². The summed E-state index contributed by atoms with van der Waals surface area (Å²) in [6, 6.07) is -0.993. The molecule has 11 heteroatoms. The molecule has 2 heterocycles. The van der Waals surface area contributed by atoms with Crippen molar-refractivity contribution in [2.45, 2.75) is 44.3 Å².